The fraction of sp³-hybridized carbons (Fsp3) is 0.261. The number of methoxy groups -OCH3 is 1. The number of benzene rings is 2. The number of nitrogens with zero attached hydrogens (tertiary/aromatic N) is 5. The molecule has 0 radical (unpaired) electrons. The molecule has 6 rings (SSSR count). The van der Waals surface area contributed by atoms with Gasteiger partial charge in [0.2, 0.25) is 0 Å². The Morgan fingerprint density at radius 2 is 2.06 bits per heavy atom. The van der Waals surface area contributed by atoms with Crippen LogP contribution in [-0.4, -0.2) is 52.0 Å². The maximum absolute atomic E-state index is 5.48. The molecule has 0 aliphatic carbocycles. The highest BCUT2D eigenvalue weighted by Gasteiger charge is 2.37. The van der Waals surface area contributed by atoms with Crippen LogP contribution in [0.15, 0.2) is 61.1 Å². The summed E-state index contributed by atoms with van der Waals surface area (Å²) in [6, 6.07) is 15.8. The number of nitrogens with one attached hydrogen (secondary N) is 2. The summed E-state index contributed by atoms with van der Waals surface area (Å²) in [5.74, 6) is 2.17. The average Bonchev–Trinajstić information content (AvgIpc) is 3.54. The predicted octanol–water partition coefficient (Wildman–Crippen LogP) is 3.12. The minimum absolute atomic E-state index is 0.573. The first kappa shape index (κ1) is 18.1. The van der Waals surface area contributed by atoms with Gasteiger partial charge in [0.05, 0.1) is 24.5 Å². The van der Waals surface area contributed by atoms with Crippen LogP contribution in [0.5, 0.6) is 5.75 Å². The average molecular weight is 413 g/mol. The van der Waals surface area contributed by atoms with E-state index in [4.69, 9.17) is 9.84 Å². The number of aromatic nitrogens is 4. The zero-order valence-electron chi connectivity index (χ0n) is 17.2. The van der Waals surface area contributed by atoms with Crippen molar-refractivity contribution >= 4 is 28.2 Å². The van der Waals surface area contributed by atoms with Crippen LogP contribution in [0.2, 0.25) is 0 Å². The number of anilines is 3. The van der Waals surface area contributed by atoms with Gasteiger partial charge < -0.3 is 20.3 Å². The number of rotatable bonds is 5. The number of ether oxygens (including phenoxy) is 1. The first-order chi connectivity index (χ1) is 15.3. The molecule has 2 saturated heterocycles. The standard InChI is InChI=1S/C23H23N7O/c1-31-19-5-6-20-21(11-19)30(28-23(20)27-22-13-24-7-8-25-22)17-4-2-3-16(10-17)29-14-15-9-18(29)12-26-15/h2-8,10-11,13,15,18,26H,9,12,14H2,1H3,(H,25,27,28)/t15-,18-/m0/s1. The van der Waals surface area contributed by atoms with Gasteiger partial charge in [-0.1, -0.05) is 6.07 Å². The van der Waals surface area contributed by atoms with E-state index in [-0.39, 0.29) is 0 Å². The third-order valence-electron chi connectivity index (χ3n) is 6.16. The van der Waals surface area contributed by atoms with E-state index in [1.54, 1.807) is 25.7 Å². The van der Waals surface area contributed by atoms with Crippen molar-refractivity contribution in [2.75, 3.05) is 30.4 Å². The second-order valence-electron chi connectivity index (χ2n) is 8.03. The molecule has 2 bridgehead atoms. The zero-order valence-corrected chi connectivity index (χ0v) is 17.2. The molecule has 2 aromatic heterocycles. The smallest absolute Gasteiger partial charge is 0.162 e. The molecule has 2 N–H and O–H groups in total. The Balaban J connectivity index is 1.44. The van der Waals surface area contributed by atoms with Crippen LogP contribution in [0.3, 0.4) is 0 Å². The van der Waals surface area contributed by atoms with Gasteiger partial charge in [-0.15, -0.1) is 5.10 Å². The molecule has 2 atom stereocenters. The molecular formula is C23H23N7O. The maximum Gasteiger partial charge on any atom is 0.162 e. The van der Waals surface area contributed by atoms with Gasteiger partial charge in [-0.2, -0.15) is 0 Å². The second-order valence-corrected chi connectivity index (χ2v) is 8.03. The van der Waals surface area contributed by atoms with Crippen molar-refractivity contribution in [1.82, 2.24) is 25.1 Å². The summed E-state index contributed by atoms with van der Waals surface area (Å²) in [6.07, 6.45) is 6.22. The van der Waals surface area contributed by atoms with E-state index in [0.29, 0.717) is 17.9 Å². The van der Waals surface area contributed by atoms with Gasteiger partial charge in [-0.25, -0.2) is 9.67 Å². The molecule has 8 nitrogen and oxygen atoms in total. The maximum atomic E-state index is 5.48. The molecule has 2 fully saturated rings. The number of hydrogen-bond acceptors (Lipinski definition) is 7. The number of hydrogen-bond donors (Lipinski definition) is 2. The quantitative estimate of drug-likeness (QED) is 0.520. The van der Waals surface area contributed by atoms with Crippen molar-refractivity contribution in [3.8, 4) is 11.4 Å². The van der Waals surface area contributed by atoms with Gasteiger partial charge in [-0.3, -0.25) is 4.98 Å². The van der Waals surface area contributed by atoms with Gasteiger partial charge in [0.1, 0.15) is 11.6 Å². The van der Waals surface area contributed by atoms with Crippen LogP contribution in [0.25, 0.3) is 16.6 Å². The fourth-order valence-electron chi connectivity index (χ4n) is 4.68. The summed E-state index contributed by atoms with van der Waals surface area (Å²) < 4.78 is 7.45. The highest BCUT2D eigenvalue weighted by atomic mass is 16.5. The molecule has 0 spiro atoms. The summed E-state index contributed by atoms with van der Waals surface area (Å²) in [6.45, 7) is 2.12. The fourth-order valence-corrected chi connectivity index (χ4v) is 4.68. The van der Waals surface area contributed by atoms with Crippen molar-refractivity contribution in [3.05, 3.63) is 61.1 Å². The highest BCUT2D eigenvalue weighted by Crippen LogP contribution is 2.33. The monoisotopic (exact) mass is 413 g/mol. The van der Waals surface area contributed by atoms with Gasteiger partial charge in [0.25, 0.3) is 0 Å². The Kier molecular flexibility index (Phi) is 4.24. The van der Waals surface area contributed by atoms with Crippen molar-refractivity contribution in [3.63, 3.8) is 0 Å². The third-order valence-corrected chi connectivity index (χ3v) is 6.16. The number of piperazine rings is 1. The van der Waals surface area contributed by atoms with E-state index in [1.807, 2.05) is 22.9 Å². The molecular weight excluding hydrogens is 390 g/mol. The lowest BCUT2D eigenvalue weighted by Gasteiger charge is -2.29. The largest absolute Gasteiger partial charge is 0.497 e. The Morgan fingerprint density at radius 3 is 2.84 bits per heavy atom. The van der Waals surface area contributed by atoms with E-state index in [0.717, 1.165) is 41.2 Å². The van der Waals surface area contributed by atoms with Crippen LogP contribution in [-0.2, 0) is 0 Å². The Labute approximate surface area is 179 Å². The molecule has 0 amide bonds. The molecule has 2 aliphatic rings. The molecule has 156 valence electrons. The topological polar surface area (TPSA) is 80.1 Å². The molecule has 4 heterocycles. The summed E-state index contributed by atoms with van der Waals surface area (Å²) in [5, 5.41) is 12.8. The molecule has 8 heteroatoms. The van der Waals surface area contributed by atoms with E-state index in [1.165, 1.54) is 12.1 Å². The zero-order chi connectivity index (χ0) is 20.8. The lowest BCUT2D eigenvalue weighted by Crippen LogP contribution is -2.43. The molecule has 2 aliphatic heterocycles. The second kappa shape index (κ2) is 7.24. The van der Waals surface area contributed by atoms with E-state index in [2.05, 4.69) is 49.8 Å². The van der Waals surface area contributed by atoms with Crippen molar-refractivity contribution < 1.29 is 4.74 Å². The summed E-state index contributed by atoms with van der Waals surface area (Å²) in [7, 11) is 1.68. The summed E-state index contributed by atoms with van der Waals surface area (Å²) in [5.41, 5.74) is 3.22. The van der Waals surface area contributed by atoms with Gasteiger partial charge >= 0.3 is 0 Å². The Hall–Kier alpha value is -3.65. The molecule has 0 saturated carbocycles. The van der Waals surface area contributed by atoms with Crippen molar-refractivity contribution in [2.24, 2.45) is 0 Å². The molecule has 31 heavy (non-hydrogen) atoms. The Bertz CT molecular complexity index is 1240. The molecule has 4 aromatic rings. The van der Waals surface area contributed by atoms with Crippen LogP contribution in [0.1, 0.15) is 6.42 Å². The van der Waals surface area contributed by atoms with E-state index in [9.17, 15) is 0 Å². The van der Waals surface area contributed by atoms with Crippen LogP contribution in [0, 0.1) is 0 Å². The first-order valence-corrected chi connectivity index (χ1v) is 10.5. The first-order valence-electron chi connectivity index (χ1n) is 10.5. The SMILES string of the molecule is COc1ccc2c(Nc3cnccn3)nn(-c3cccc(N4C[C@@H]5C[C@H]4CN5)c3)c2c1. The van der Waals surface area contributed by atoms with Gasteiger partial charge in [0, 0.05) is 54.7 Å². The third kappa shape index (κ3) is 3.16. The minimum Gasteiger partial charge on any atom is -0.497 e. The normalized spacial score (nSPS) is 19.8. The van der Waals surface area contributed by atoms with Crippen molar-refractivity contribution in [2.45, 2.75) is 18.5 Å². The van der Waals surface area contributed by atoms with E-state index < -0.39 is 0 Å². The van der Waals surface area contributed by atoms with Gasteiger partial charge in [-0.05, 0) is 36.8 Å². The Morgan fingerprint density at radius 1 is 1.13 bits per heavy atom. The number of fused-ring (bicyclic) bond motifs is 3. The lowest BCUT2D eigenvalue weighted by molar-refractivity contribution is 0.415. The lowest BCUT2D eigenvalue weighted by atomic mass is 10.2. The highest BCUT2D eigenvalue weighted by molar-refractivity contribution is 5.93. The predicted molar refractivity (Wildman–Crippen MR) is 120 cm³/mol. The minimum atomic E-state index is 0.573. The van der Waals surface area contributed by atoms with Crippen molar-refractivity contribution in [1.29, 1.82) is 0 Å². The summed E-state index contributed by atoms with van der Waals surface area (Å²) >= 11 is 0. The molecule has 0 unspecified atom stereocenters. The summed E-state index contributed by atoms with van der Waals surface area (Å²) in [4.78, 5) is 11.0. The van der Waals surface area contributed by atoms with E-state index >= 15 is 0 Å². The van der Waals surface area contributed by atoms with Crippen LogP contribution in [0.4, 0.5) is 17.3 Å². The molecule has 2 aromatic carbocycles. The van der Waals surface area contributed by atoms with Crippen LogP contribution < -0.4 is 20.3 Å². The van der Waals surface area contributed by atoms with Gasteiger partial charge in [0.15, 0.2) is 5.82 Å². The van der Waals surface area contributed by atoms with Crippen LogP contribution >= 0.6 is 0 Å².